The molecule has 0 bridgehead atoms. The van der Waals surface area contributed by atoms with Crippen molar-refractivity contribution in [3.05, 3.63) is 12.7 Å². The number of nitrogens with zero attached hydrogens (tertiary/aromatic N) is 1. The van der Waals surface area contributed by atoms with Crippen LogP contribution in [0.15, 0.2) is 12.7 Å². The summed E-state index contributed by atoms with van der Waals surface area (Å²) < 4.78 is 0. The van der Waals surface area contributed by atoms with Crippen LogP contribution in [0.25, 0.3) is 0 Å². The first-order valence-electron chi connectivity index (χ1n) is 3.22. The third kappa shape index (κ3) is 2.92. The monoisotopic (exact) mass is 123 g/mol. The highest BCUT2D eigenvalue weighted by molar-refractivity contribution is 4.84. The smallest absolute Gasteiger partial charge is 0.0624 e. The van der Waals surface area contributed by atoms with E-state index in [0.717, 1.165) is 0 Å². The number of allylic oxidation sites excluding steroid dienone is 1. The maximum absolute atomic E-state index is 8.30. The van der Waals surface area contributed by atoms with Gasteiger partial charge < -0.3 is 0 Å². The lowest BCUT2D eigenvalue weighted by molar-refractivity contribution is 0.470. The van der Waals surface area contributed by atoms with E-state index in [-0.39, 0.29) is 0 Å². The SMILES string of the molecule is C=C[C@H](C)[C@@H](C)CC#N. The molecule has 0 spiro atoms. The molecule has 0 rings (SSSR count). The van der Waals surface area contributed by atoms with Gasteiger partial charge >= 0.3 is 0 Å². The molecule has 1 nitrogen and oxygen atoms in total. The van der Waals surface area contributed by atoms with E-state index in [0.29, 0.717) is 18.3 Å². The molecule has 0 saturated carbocycles. The van der Waals surface area contributed by atoms with E-state index in [2.05, 4.69) is 26.5 Å². The summed E-state index contributed by atoms with van der Waals surface area (Å²) in [6.07, 6.45) is 2.52. The van der Waals surface area contributed by atoms with E-state index in [1.807, 2.05) is 6.08 Å². The van der Waals surface area contributed by atoms with Crippen LogP contribution in [0.3, 0.4) is 0 Å². The summed E-state index contributed by atoms with van der Waals surface area (Å²) in [5.41, 5.74) is 0. The summed E-state index contributed by atoms with van der Waals surface area (Å²) in [4.78, 5) is 0. The van der Waals surface area contributed by atoms with Crippen LogP contribution in [0.1, 0.15) is 20.3 Å². The topological polar surface area (TPSA) is 23.8 Å². The number of hydrogen-bond acceptors (Lipinski definition) is 1. The van der Waals surface area contributed by atoms with E-state index in [1.165, 1.54) is 0 Å². The minimum atomic E-state index is 0.451. The highest BCUT2D eigenvalue weighted by atomic mass is 14.2. The molecule has 0 aromatic heterocycles. The van der Waals surface area contributed by atoms with Crippen LogP contribution < -0.4 is 0 Å². The van der Waals surface area contributed by atoms with Gasteiger partial charge in [0, 0.05) is 6.42 Å². The van der Waals surface area contributed by atoms with Gasteiger partial charge in [0.15, 0.2) is 0 Å². The quantitative estimate of drug-likeness (QED) is 0.528. The van der Waals surface area contributed by atoms with Crippen LogP contribution in [0.5, 0.6) is 0 Å². The maximum atomic E-state index is 8.30. The fourth-order valence-electron chi connectivity index (χ4n) is 0.562. The predicted octanol–water partition coefficient (Wildman–Crippen LogP) is 2.36. The summed E-state index contributed by atoms with van der Waals surface area (Å²) in [6.45, 7) is 7.80. The predicted molar refractivity (Wildman–Crippen MR) is 38.8 cm³/mol. The number of nitriles is 1. The van der Waals surface area contributed by atoms with Crippen molar-refractivity contribution < 1.29 is 0 Å². The van der Waals surface area contributed by atoms with Gasteiger partial charge in [0.25, 0.3) is 0 Å². The molecule has 1 heteroatoms. The van der Waals surface area contributed by atoms with Crippen molar-refractivity contribution in [1.82, 2.24) is 0 Å². The van der Waals surface area contributed by atoms with Crippen molar-refractivity contribution in [1.29, 1.82) is 5.26 Å². The Bertz CT molecular complexity index is 121. The van der Waals surface area contributed by atoms with E-state index in [4.69, 9.17) is 5.26 Å². The van der Waals surface area contributed by atoms with Gasteiger partial charge in [0.1, 0.15) is 0 Å². The van der Waals surface area contributed by atoms with E-state index >= 15 is 0 Å². The number of rotatable bonds is 3. The van der Waals surface area contributed by atoms with Gasteiger partial charge in [-0.1, -0.05) is 19.9 Å². The zero-order valence-electron chi connectivity index (χ0n) is 6.09. The second-order valence-electron chi connectivity index (χ2n) is 2.43. The van der Waals surface area contributed by atoms with Crippen molar-refractivity contribution in [2.45, 2.75) is 20.3 Å². The first kappa shape index (κ1) is 8.23. The molecule has 0 heterocycles. The van der Waals surface area contributed by atoms with Gasteiger partial charge in [-0.05, 0) is 11.8 Å². The molecule has 0 aromatic rings. The Morgan fingerprint density at radius 3 is 2.56 bits per heavy atom. The van der Waals surface area contributed by atoms with Crippen molar-refractivity contribution in [2.24, 2.45) is 11.8 Å². The zero-order valence-corrected chi connectivity index (χ0v) is 6.09. The zero-order chi connectivity index (χ0) is 7.28. The Labute approximate surface area is 57.0 Å². The fourth-order valence-corrected chi connectivity index (χ4v) is 0.562. The lowest BCUT2D eigenvalue weighted by Crippen LogP contribution is -2.02. The standard InChI is InChI=1S/C8H13N/c1-4-7(2)8(3)5-6-9/h4,7-8H,1,5H2,2-3H3/t7-,8-/m0/s1. The van der Waals surface area contributed by atoms with Crippen LogP contribution in [0.2, 0.25) is 0 Å². The van der Waals surface area contributed by atoms with E-state index in [1.54, 1.807) is 0 Å². The van der Waals surface area contributed by atoms with Crippen molar-refractivity contribution in [3.8, 4) is 6.07 Å². The molecule has 0 unspecified atom stereocenters. The van der Waals surface area contributed by atoms with Crippen LogP contribution >= 0.6 is 0 Å². The van der Waals surface area contributed by atoms with Crippen molar-refractivity contribution >= 4 is 0 Å². The molecular weight excluding hydrogens is 110 g/mol. The Morgan fingerprint density at radius 2 is 2.22 bits per heavy atom. The van der Waals surface area contributed by atoms with Crippen LogP contribution in [0, 0.1) is 23.2 Å². The highest BCUT2D eigenvalue weighted by Gasteiger charge is 2.06. The Balaban J connectivity index is 3.60. The molecular formula is C8H13N. The molecule has 0 aliphatic rings. The van der Waals surface area contributed by atoms with Gasteiger partial charge in [-0.25, -0.2) is 0 Å². The number of hydrogen-bond donors (Lipinski definition) is 0. The second kappa shape index (κ2) is 4.14. The van der Waals surface area contributed by atoms with Crippen LogP contribution in [0.4, 0.5) is 0 Å². The molecule has 0 amide bonds. The normalized spacial score (nSPS) is 15.7. The summed E-state index contributed by atoms with van der Waals surface area (Å²) in [5.74, 6) is 0.914. The van der Waals surface area contributed by atoms with E-state index < -0.39 is 0 Å². The Hall–Kier alpha value is -0.770. The summed E-state index contributed by atoms with van der Waals surface area (Å²) in [5, 5.41) is 8.30. The Kier molecular flexibility index (Phi) is 3.79. The molecule has 0 radical (unpaired) electrons. The van der Waals surface area contributed by atoms with E-state index in [9.17, 15) is 0 Å². The minimum absolute atomic E-state index is 0.451. The lowest BCUT2D eigenvalue weighted by atomic mass is 9.94. The van der Waals surface area contributed by atoms with Crippen molar-refractivity contribution in [2.75, 3.05) is 0 Å². The minimum Gasteiger partial charge on any atom is -0.198 e. The third-order valence-electron chi connectivity index (χ3n) is 1.68. The third-order valence-corrected chi connectivity index (χ3v) is 1.68. The van der Waals surface area contributed by atoms with Gasteiger partial charge in [-0.3, -0.25) is 0 Å². The molecule has 9 heavy (non-hydrogen) atoms. The molecule has 0 aromatic carbocycles. The molecule has 50 valence electrons. The summed E-state index contributed by atoms with van der Waals surface area (Å²) >= 11 is 0. The van der Waals surface area contributed by atoms with Crippen LogP contribution in [-0.2, 0) is 0 Å². The summed E-state index contributed by atoms with van der Waals surface area (Å²) in [7, 11) is 0. The highest BCUT2D eigenvalue weighted by Crippen LogP contribution is 2.14. The molecule has 0 aliphatic carbocycles. The molecule has 0 aliphatic heterocycles. The first-order chi connectivity index (χ1) is 4.22. The summed E-state index contributed by atoms with van der Waals surface area (Å²) in [6, 6.07) is 2.13. The average Bonchev–Trinajstić information content (AvgIpc) is 1.87. The van der Waals surface area contributed by atoms with Crippen molar-refractivity contribution in [3.63, 3.8) is 0 Å². The maximum Gasteiger partial charge on any atom is 0.0624 e. The molecule has 0 N–H and O–H groups in total. The average molecular weight is 123 g/mol. The van der Waals surface area contributed by atoms with Gasteiger partial charge in [0.05, 0.1) is 6.07 Å². The molecule has 2 atom stereocenters. The second-order valence-corrected chi connectivity index (χ2v) is 2.43. The Morgan fingerprint density at radius 1 is 1.67 bits per heavy atom. The first-order valence-corrected chi connectivity index (χ1v) is 3.22. The fraction of sp³-hybridized carbons (Fsp3) is 0.625. The van der Waals surface area contributed by atoms with Gasteiger partial charge in [-0.2, -0.15) is 5.26 Å². The molecule has 0 fully saturated rings. The lowest BCUT2D eigenvalue weighted by Gasteiger charge is -2.10. The van der Waals surface area contributed by atoms with Crippen LogP contribution in [-0.4, -0.2) is 0 Å². The van der Waals surface area contributed by atoms with Gasteiger partial charge in [-0.15, -0.1) is 6.58 Å². The van der Waals surface area contributed by atoms with Gasteiger partial charge in [0.2, 0.25) is 0 Å². The largest absolute Gasteiger partial charge is 0.198 e. The molecule has 0 saturated heterocycles.